The van der Waals surface area contributed by atoms with Gasteiger partial charge in [0.2, 0.25) is 0 Å². The minimum Gasteiger partial charge on any atom is -0.464 e. The van der Waals surface area contributed by atoms with Crippen LogP contribution in [0.2, 0.25) is 0 Å². The van der Waals surface area contributed by atoms with E-state index in [2.05, 4.69) is 0 Å². The van der Waals surface area contributed by atoms with Gasteiger partial charge in [0.05, 0.1) is 18.3 Å². The number of esters is 1. The normalized spacial score (nSPS) is 11.7. The van der Waals surface area contributed by atoms with Crippen LogP contribution < -0.4 is 5.56 Å². The zero-order valence-corrected chi connectivity index (χ0v) is 18.1. The molecular weight excluding hydrogens is 400 g/mol. The Balaban J connectivity index is 2.08. The van der Waals surface area contributed by atoms with Crippen LogP contribution in [0.3, 0.4) is 0 Å². The lowest BCUT2D eigenvalue weighted by molar-refractivity contribution is -0.152. The van der Waals surface area contributed by atoms with Crippen molar-refractivity contribution in [3.8, 4) is 22.7 Å². The molecule has 0 bridgehead atoms. The quantitative estimate of drug-likeness (QED) is 0.424. The van der Waals surface area contributed by atoms with Gasteiger partial charge in [-0.3, -0.25) is 9.36 Å². The number of aromatic nitrogens is 2. The number of ether oxygens (including phenoxy) is 1. The standard InChI is InChI=1S/C23H22N2O4S/c1-5-28-22(27)23(3,4)25-19(15-9-6-8-14(2)12-15)24-20-18(21(25)26)16(13-30-20)17-10-7-11-29-17/h6-13H,5H2,1-4H3. The highest BCUT2D eigenvalue weighted by Crippen LogP contribution is 2.34. The Bertz CT molecular complexity index is 1280. The summed E-state index contributed by atoms with van der Waals surface area (Å²) in [5.74, 6) is 0.531. The highest BCUT2D eigenvalue weighted by Gasteiger charge is 2.36. The maximum atomic E-state index is 13.8. The van der Waals surface area contributed by atoms with Crippen molar-refractivity contribution in [1.82, 2.24) is 9.55 Å². The highest BCUT2D eigenvalue weighted by atomic mass is 32.1. The molecule has 30 heavy (non-hydrogen) atoms. The number of rotatable bonds is 5. The third-order valence-corrected chi connectivity index (χ3v) is 5.88. The van der Waals surface area contributed by atoms with E-state index in [9.17, 15) is 9.59 Å². The van der Waals surface area contributed by atoms with Gasteiger partial charge in [-0.25, -0.2) is 9.78 Å². The first-order valence-electron chi connectivity index (χ1n) is 9.67. The molecule has 3 heterocycles. The van der Waals surface area contributed by atoms with Crippen LogP contribution in [0.15, 0.2) is 57.3 Å². The van der Waals surface area contributed by atoms with Gasteiger partial charge in [0.1, 0.15) is 22.0 Å². The molecule has 4 aromatic rings. The van der Waals surface area contributed by atoms with Crippen LogP contribution in [0.4, 0.5) is 0 Å². The lowest BCUT2D eigenvalue weighted by atomic mass is 10.0. The minimum absolute atomic E-state index is 0.225. The van der Waals surface area contributed by atoms with Crippen LogP contribution in [0.25, 0.3) is 32.9 Å². The number of nitrogens with zero attached hydrogens (tertiary/aromatic N) is 2. The van der Waals surface area contributed by atoms with Crippen LogP contribution in [0.5, 0.6) is 0 Å². The van der Waals surface area contributed by atoms with E-state index in [4.69, 9.17) is 14.1 Å². The molecule has 0 aliphatic heterocycles. The molecule has 0 aliphatic rings. The third kappa shape index (κ3) is 3.25. The van der Waals surface area contributed by atoms with Gasteiger partial charge >= 0.3 is 5.97 Å². The molecule has 154 valence electrons. The van der Waals surface area contributed by atoms with Gasteiger partial charge in [0.15, 0.2) is 0 Å². The van der Waals surface area contributed by atoms with Crippen LogP contribution >= 0.6 is 11.3 Å². The smallest absolute Gasteiger partial charge is 0.331 e. The predicted molar refractivity (Wildman–Crippen MR) is 118 cm³/mol. The largest absolute Gasteiger partial charge is 0.464 e. The zero-order valence-electron chi connectivity index (χ0n) is 17.3. The lowest BCUT2D eigenvalue weighted by Crippen LogP contribution is -2.45. The maximum Gasteiger partial charge on any atom is 0.331 e. The summed E-state index contributed by atoms with van der Waals surface area (Å²) in [6, 6.07) is 11.3. The average molecular weight is 423 g/mol. The summed E-state index contributed by atoms with van der Waals surface area (Å²) in [6.45, 7) is 7.30. The van der Waals surface area contributed by atoms with Crippen molar-refractivity contribution >= 4 is 27.5 Å². The fourth-order valence-electron chi connectivity index (χ4n) is 3.50. The number of hydrogen-bond acceptors (Lipinski definition) is 6. The summed E-state index contributed by atoms with van der Waals surface area (Å²) in [6.07, 6.45) is 1.56. The molecule has 0 fully saturated rings. The van der Waals surface area contributed by atoms with Gasteiger partial charge in [-0.05, 0) is 45.9 Å². The Morgan fingerprint density at radius 2 is 2.07 bits per heavy atom. The lowest BCUT2D eigenvalue weighted by Gasteiger charge is -2.27. The average Bonchev–Trinajstić information content (AvgIpc) is 3.37. The van der Waals surface area contributed by atoms with E-state index in [0.29, 0.717) is 27.4 Å². The SMILES string of the molecule is CCOC(=O)C(C)(C)n1c(-c2cccc(C)c2)nc2scc(-c3ccco3)c2c1=O. The second-order valence-corrected chi connectivity index (χ2v) is 8.39. The van der Waals surface area contributed by atoms with Gasteiger partial charge in [-0.1, -0.05) is 23.8 Å². The molecule has 0 spiro atoms. The van der Waals surface area contributed by atoms with Gasteiger partial charge in [0, 0.05) is 16.5 Å². The number of benzene rings is 1. The second kappa shape index (κ2) is 7.57. The molecule has 7 heteroatoms. The number of thiophene rings is 1. The highest BCUT2D eigenvalue weighted by molar-refractivity contribution is 7.17. The number of carbonyl (C=O) groups excluding carboxylic acids is 1. The molecular formula is C23H22N2O4S. The number of furan rings is 1. The molecule has 0 saturated heterocycles. The Kier molecular flexibility index (Phi) is 5.07. The zero-order chi connectivity index (χ0) is 21.5. The topological polar surface area (TPSA) is 74.3 Å². The second-order valence-electron chi connectivity index (χ2n) is 7.53. The fraction of sp³-hybridized carbons (Fsp3) is 0.261. The number of fused-ring (bicyclic) bond motifs is 1. The van der Waals surface area contributed by atoms with Crippen molar-refractivity contribution in [1.29, 1.82) is 0 Å². The Labute approximate surface area is 177 Å². The first kappa shape index (κ1) is 20.1. The molecule has 0 N–H and O–H groups in total. The molecule has 0 aliphatic carbocycles. The van der Waals surface area contributed by atoms with Gasteiger partial charge in [-0.2, -0.15) is 0 Å². The molecule has 6 nitrogen and oxygen atoms in total. The van der Waals surface area contributed by atoms with Crippen molar-refractivity contribution < 1.29 is 13.9 Å². The molecule has 0 unspecified atom stereocenters. The number of hydrogen-bond donors (Lipinski definition) is 0. The van der Waals surface area contributed by atoms with Gasteiger partial charge in [0.25, 0.3) is 5.56 Å². The van der Waals surface area contributed by atoms with Crippen LogP contribution in [-0.4, -0.2) is 22.1 Å². The molecule has 4 rings (SSSR count). The monoisotopic (exact) mass is 422 g/mol. The Morgan fingerprint density at radius 1 is 1.27 bits per heavy atom. The number of aryl methyl sites for hydroxylation is 1. The number of carbonyl (C=O) groups is 1. The van der Waals surface area contributed by atoms with E-state index in [1.165, 1.54) is 15.9 Å². The first-order chi connectivity index (χ1) is 14.3. The van der Waals surface area contributed by atoms with Gasteiger partial charge in [-0.15, -0.1) is 11.3 Å². The summed E-state index contributed by atoms with van der Waals surface area (Å²) in [7, 11) is 0. The fourth-order valence-corrected chi connectivity index (χ4v) is 4.42. The first-order valence-corrected chi connectivity index (χ1v) is 10.6. The Morgan fingerprint density at radius 3 is 2.73 bits per heavy atom. The molecule has 0 saturated carbocycles. The van der Waals surface area contributed by atoms with Crippen molar-refractivity contribution in [3.05, 3.63) is 64.0 Å². The van der Waals surface area contributed by atoms with E-state index in [0.717, 1.165) is 11.1 Å². The predicted octanol–water partition coefficient (Wildman–Crippen LogP) is 4.99. The van der Waals surface area contributed by atoms with E-state index in [-0.39, 0.29) is 12.2 Å². The van der Waals surface area contributed by atoms with Crippen LogP contribution in [0, 0.1) is 6.92 Å². The van der Waals surface area contributed by atoms with E-state index in [1.807, 2.05) is 36.6 Å². The van der Waals surface area contributed by atoms with Crippen molar-refractivity contribution in [2.75, 3.05) is 6.61 Å². The summed E-state index contributed by atoms with van der Waals surface area (Å²) in [5, 5.41) is 2.29. The van der Waals surface area contributed by atoms with Gasteiger partial charge < -0.3 is 9.15 Å². The third-order valence-electron chi connectivity index (χ3n) is 5.00. The minimum atomic E-state index is -1.25. The van der Waals surface area contributed by atoms with Crippen molar-refractivity contribution in [3.63, 3.8) is 0 Å². The van der Waals surface area contributed by atoms with E-state index < -0.39 is 11.5 Å². The maximum absolute atomic E-state index is 13.8. The summed E-state index contributed by atoms with van der Waals surface area (Å²) < 4.78 is 12.3. The molecule has 1 aromatic carbocycles. The van der Waals surface area contributed by atoms with E-state index >= 15 is 0 Å². The summed E-state index contributed by atoms with van der Waals surface area (Å²) in [4.78, 5) is 32.1. The van der Waals surface area contributed by atoms with Crippen molar-refractivity contribution in [2.24, 2.45) is 0 Å². The van der Waals surface area contributed by atoms with Crippen LogP contribution in [-0.2, 0) is 15.1 Å². The molecule has 0 amide bonds. The molecule has 0 radical (unpaired) electrons. The van der Waals surface area contributed by atoms with Crippen LogP contribution in [0.1, 0.15) is 26.3 Å². The molecule has 0 atom stereocenters. The molecule has 3 aromatic heterocycles. The summed E-state index contributed by atoms with van der Waals surface area (Å²) in [5.41, 5.74) is 0.906. The summed E-state index contributed by atoms with van der Waals surface area (Å²) >= 11 is 1.38. The van der Waals surface area contributed by atoms with Crippen molar-refractivity contribution in [2.45, 2.75) is 33.2 Å². The van der Waals surface area contributed by atoms with E-state index in [1.54, 1.807) is 39.2 Å². The Hall–Kier alpha value is -3.19.